The van der Waals surface area contributed by atoms with Gasteiger partial charge in [-0.3, -0.25) is 4.90 Å². The van der Waals surface area contributed by atoms with E-state index in [2.05, 4.69) is 25.8 Å². The minimum atomic E-state index is 0.320. The van der Waals surface area contributed by atoms with Gasteiger partial charge in [0.05, 0.1) is 32.0 Å². The third kappa shape index (κ3) is 3.09. The molecule has 0 spiro atoms. The van der Waals surface area contributed by atoms with Crippen LogP contribution in [0.4, 0.5) is 0 Å². The molecule has 0 unspecified atom stereocenters. The fourth-order valence-electron chi connectivity index (χ4n) is 1.22. The van der Waals surface area contributed by atoms with Crippen LogP contribution in [-0.2, 0) is 9.47 Å². The van der Waals surface area contributed by atoms with E-state index in [9.17, 15) is 0 Å². The highest BCUT2D eigenvalue weighted by Crippen LogP contribution is 2.05. The molecule has 0 saturated carbocycles. The molecule has 3 nitrogen and oxygen atoms in total. The summed E-state index contributed by atoms with van der Waals surface area (Å²) in [4.78, 5) is 2.30. The topological polar surface area (TPSA) is 21.7 Å². The summed E-state index contributed by atoms with van der Waals surface area (Å²) in [5, 5.41) is 0. The second kappa shape index (κ2) is 4.80. The molecule has 1 fully saturated rings. The quantitative estimate of drug-likeness (QED) is 0.628. The van der Waals surface area contributed by atoms with Gasteiger partial charge in [0.2, 0.25) is 0 Å². The minimum Gasteiger partial charge on any atom is -0.378 e. The van der Waals surface area contributed by atoms with Gasteiger partial charge in [0.25, 0.3) is 0 Å². The van der Waals surface area contributed by atoms with E-state index >= 15 is 0 Å². The van der Waals surface area contributed by atoms with E-state index in [1.54, 1.807) is 0 Å². The molecule has 3 heteroatoms. The summed E-state index contributed by atoms with van der Waals surface area (Å²) in [7, 11) is 2.12. The largest absolute Gasteiger partial charge is 0.378 e. The van der Waals surface area contributed by atoms with E-state index < -0.39 is 0 Å². The van der Waals surface area contributed by atoms with Crippen molar-refractivity contribution in [2.24, 2.45) is 0 Å². The Morgan fingerprint density at radius 1 is 1.58 bits per heavy atom. The molecule has 1 saturated heterocycles. The molecule has 0 aromatic carbocycles. The lowest BCUT2D eigenvalue weighted by Gasteiger charge is -2.32. The molecule has 1 aliphatic rings. The summed E-state index contributed by atoms with van der Waals surface area (Å²) in [6.45, 7) is 7.59. The zero-order valence-electron chi connectivity index (χ0n) is 8.25. The molecule has 0 radical (unpaired) electrons. The maximum absolute atomic E-state index is 5.53. The first-order valence-electron chi connectivity index (χ1n) is 4.59. The van der Waals surface area contributed by atoms with Crippen LogP contribution in [0.25, 0.3) is 0 Å². The van der Waals surface area contributed by atoms with Crippen LogP contribution in [0.5, 0.6) is 0 Å². The first-order chi connectivity index (χ1) is 5.70. The lowest BCUT2D eigenvalue weighted by Crippen LogP contribution is -2.45. The van der Waals surface area contributed by atoms with Gasteiger partial charge in [-0.15, -0.1) is 0 Å². The Morgan fingerprint density at radius 3 is 2.92 bits per heavy atom. The Morgan fingerprint density at radius 2 is 2.33 bits per heavy atom. The van der Waals surface area contributed by atoms with Gasteiger partial charge in [-0.1, -0.05) is 0 Å². The van der Waals surface area contributed by atoms with Gasteiger partial charge in [0.15, 0.2) is 0 Å². The van der Waals surface area contributed by atoms with Crippen molar-refractivity contribution < 1.29 is 9.47 Å². The van der Waals surface area contributed by atoms with Gasteiger partial charge in [-0.2, -0.15) is 0 Å². The van der Waals surface area contributed by atoms with Crippen LogP contribution in [0.2, 0.25) is 0 Å². The van der Waals surface area contributed by atoms with Gasteiger partial charge >= 0.3 is 0 Å². The molecule has 1 heterocycles. The fraction of sp³-hybridized carbons (Fsp3) is 1.00. The predicted octanol–water partition coefficient (Wildman–Crippen LogP) is 0.742. The average molecular weight is 173 g/mol. The average Bonchev–Trinajstić information content (AvgIpc) is 2.03. The van der Waals surface area contributed by atoms with Crippen LogP contribution < -0.4 is 0 Å². The summed E-state index contributed by atoms with van der Waals surface area (Å²) >= 11 is 0. The molecule has 12 heavy (non-hydrogen) atoms. The smallest absolute Gasteiger partial charge is 0.0647 e. The Bertz CT molecular complexity index is 128. The maximum Gasteiger partial charge on any atom is 0.0647 e. The van der Waals surface area contributed by atoms with Crippen molar-refractivity contribution in [3.05, 3.63) is 0 Å². The van der Waals surface area contributed by atoms with Crippen molar-refractivity contribution in [3.8, 4) is 0 Å². The number of nitrogens with zero attached hydrogens (tertiary/aromatic N) is 1. The molecule has 0 bridgehead atoms. The fourth-order valence-corrected chi connectivity index (χ4v) is 1.22. The van der Waals surface area contributed by atoms with Crippen molar-refractivity contribution in [2.75, 3.05) is 33.4 Å². The number of hydrogen-bond acceptors (Lipinski definition) is 3. The first-order valence-corrected chi connectivity index (χ1v) is 4.59. The lowest BCUT2D eigenvalue weighted by molar-refractivity contribution is -0.0440. The standard InChI is InChI=1S/C9H19NO2/c1-8(2)12-7-9-6-11-5-4-10(9)3/h8-9H,4-7H2,1-3H3/t9-/m0/s1. The lowest BCUT2D eigenvalue weighted by atomic mass is 10.2. The van der Waals surface area contributed by atoms with Gasteiger partial charge in [-0.05, 0) is 20.9 Å². The van der Waals surface area contributed by atoms with Crippen molar-refractivity contribution in [1.29, 1.82) is 0 Å². The highest BCUT2D eigenvalue weighted by atomic mass is 16.5. The summed E-state index contributed by atoms with van der Waals surface area (Å²) in [6.07, 6.45) is 0.320. The van der Waals surface area contributed by atoms with Crippen molar-refractivity contribution in [1.82, 2.24) is 4.90 Å². The number of ether oxygens (including phenoxy) is 2. The Hall–Kier alpha value is -0.120. The van der Waals surface area contributed by atoms with E-state index in [4.69, 9.17) is 9.47 Å². The van der Waals surface area contributed by atoms with E-state index in [1.807, 2.05) is 0 Å². The number of rotatable bonds is 3. The van der Waals surface area contributed by atoms with Crippen LogP contribution in [-0.4, -0.2) is 50.5 Å². The van der Waals surface area contributed by atoms with Crippen molar-refractivity contribution in [2.45, 2.75) is 26.0 Å². The van der Waals surface area contributed by atoms with Crippen LogP contribution in [0.15, 0.2) is 0 Å². The SMILES string of the molecule is CC(C)OC[C@@H]1COCCN1C. The van der Waals surface area contributed by atoms with E-state index in [0.717, 1.165) is 26.4 Å². The summed E-state index contributed by atoms with van der Waals surface area (Å²) in [5.74, 6) is 0. The summed E-state index contributed by atoms with van der Waals surface area (Å²) in [5.41, 5.74) is 0. The van der Waals surface area contributed by atoms with E-state index in [-0.39, 0.29) is 0 Å². The van der Waals surface area contributed by atoms with Gasteiger partial charge in [-0.25, -0.2) is 0 Å². The van der Waals surface area contributed by atoms with Gasteiger partial charge < -0.3 is 9.47 Å². The number of likely N-dealkylation sites (N-methyl/N-ethyl adjacent to an activating group) is 1. The van der Waals surface area contributed by atoms with Crippen LogP contribution in [0.1, 0.15) is 13.8 Å². The molecular weight excluding hydrogens is 154 g/mol. The second-order valence-electron chi connectivity index (χ2n) is 3.59. The molecule has 0 aromatic rings. The second-order valence-corrected chi connectivity index (χ2v) is 3.59. The normalized spacial score (nSPS) is 26.5. The number of morpholine rings is 1. The van der Waals surface area contributed by atoms with Crippen LogP contribution in [0.3, 0.4) is 0 Å². The third-order valence-corrected chi connectivity index (χ3v) is 2.14. The molecular formula is C9H19NO2. The molecule has 72 valence electrons. The molecule has 0 aliphatic carbocycles. The minimum absolute atomic E-state index is 0.320. The Kier molecular flexibility index (Phi) is 3.98. The van der Waals surface area contributed by atoms with E-state index in [1.165, 1.54) is 0 Å². The zero-order valence-corrected chi connectivity index (χ0v) is 8.25. The van der Waals surface area contributed by atoms with Gasteiger partial charge in [0.1, 0.15) is 0 Å². The first kappa shape index (κ1) is 9.96. The van der Waals surface area contributed by atoms with E-state index in [0.29, 0.717) is 12.1 Å². The molecule has 1 atom stereocenters. The molecule has 0 aromatic heterocycles. The molecule has 1 aliphatic heterocycles. The summed E-state index contributed by atoms with van der Waals surface area (Å²) in [6, 6.07) is 0.446. The predicted molar refractivity (Wildman–Crippen MR) is 48.3 cm³/mol. The monoisotopic (exact) mass is 173 g/mol. The van der Waals surface area contributed by atoms with Crippen molar-refractivity contribution >= 4 is 0 Å². The van der Waals surface area contributed by atoms with Crippen molar-refractivity contribution in [3.63, 3.8) is 0 Å². The van der Waals surface area contributed by atoms with Crippen LogP contribution >= 0.6 is 0 Å². The molecule has 1 rings (SSSR count). The molecule has 0 amide bonds. The Balaban J connectivity index is 2.20. The summed E-state index contributed by atoms with van der Waals surface area (Å²) < 4.78 is 10.9. The number of hydrogen-bond donors (Lipinski definition) is 0. The highest BCUT2D eigenvalue weighted by Gasteiger charge is 2.19. The van der Waals surface area contributed by atoms with Crippen LogP contribution in [0, 0.1) is 0 Å². The molecule has 0 N–H and O–H groups in total. The highest BCUT2D eigenvalue weighted by molar-refractivity contribution is 4.71. The van der Waals surface area contributed by atoms with Gasteiger partial charge in [0, 0.05) is 6.54 Å². The maximum atomic E-state index is 5.53. The third-order valence-electron chi connectivity index (χ3n) is 2.14. The zero-order chi connectivity index (χ0) is 8.97. The Labute approximate surface area is 74.6 Å².